The lowest BCUT2D eigenvalue weighted by molar-refractivity contribution is -0.146. The van der Waals surface area contributed by atoms with E-state index in [1.807, 2.05) is 0 Å². The minimum Gasteiger partial charge on any atom is -0.480 e. The van der Waals surface area contributed by atoms with Gasteiger partial charge in [-0.15, -0.1) is 11.8 Å². The second kappa shape index (κ2) is 11.8. The van der Waals surface area contributed by atoms with Gasteiger partial charge >= 0.3 is 24.1 Å². The highest BCUT2D eigenvalue weighted by Gasteiger charge is 2.49. The third kappa shape index (κ3) is 6.50. The average molecular weight is 554 g/mol. The summed E-state index contributed by atoms with van der Waals surface area (Å²) < 4.78 is 9.41. The van der Waals surface area contributed by atoms with E-state index in [9.17, 15) is 39.0 Å². The smallest absolute Gasteiger partial charge is 0.411 e. The van der Waals surface area contributed by atoms with E-state index in [0.29, 0.717) is 0 Å². The number of carbonyl (C=O) groups is 6. The molecule has 1 fully saturated rings. The number of aliphatic hydroxyl groups excluding tert-OH is 1. The number of rotatable bonds is 10. The second-order valence-corrected chi connectivity index (χ2v) is 9.21. The van der Waals surface area contributed by atoms with Gasteiger partial charge in [0.15, 0.2) is 6.10 Å². The van der Waals surface area contributed by atoms with Crippen molar-refractivity contribution in [2.45, 2.75) is 29.3 Å². The molecular weight excluding hydrogens is 530 g/mol. The molecule has 0 bridgehead atoms. The summed E-state index contributed by atoms with van der Waals surface area (Å²) >= 11 is 1.03. The number of hydrogen-bond acceptors (Lipinski definition) is 11. The first kappa shape index (κ1) is 28.2. The molecule has 4 atom stereocenters. The molecule has 2 aliphatic rings. The van der Waals surface area contributed by atoms with Crippen LogP contribution in [-0.4, -0.2) is 86.2 Å². The number of carbonyl (C=O) groups excluding carboxylic acids is 4. The van der Waals surface area contributed by atoms with Crippen molar-refractivity contribution in [2.75, 3.05) is 18.5 Å². The van der Waals surface area contributed by atoms with E-state index >= 15 is 0 Å². The summed E-state index contributed by atoms with van der Waals surface area (Å²) in [7, 11) is 0. The highest BCUT2D eigenvalue weighted by atomic mass is 32.2. The van der Waals surface area contributed by atoms with Crippen molar-refractivity contribution in [3.8, 4) is 0 Å². The number of aliphatic hydroxyl groups is 1. The lowest BCUT2D eigenvalue weighted by Crippen LogP contribution is -2.58. The third-order valence-electron chi connectivity index (χ3n) is 5.34. The summed E-state index contributed by atoms with van der Waals surface area (Å²) in [6.07, 6.45) is -3.87. The molecule has 3 rings (SSSR count). The molecule has 0 aliphatic carbocycles. The van der Waals surface area contributed by atoms with Crippen LogP contribution in [0.15, 0.2) is 35.5 Å². The highest BCUT2D eigenvalue weighted by molar-refractivity contribution is 8.00. The summed E-state index contributed by atoms with van der Waals surface area (Å²) in [6.45, 7) is -1.18. The van der Waals surface area contributed by atoms with Gasteiger partial charge in [0, 0.05) is 11.3 Å². The monoisotopic (exact) mass is 553 g/mol. The predicted octanol–water partition coefficient (Wildman–Crippen LogP) is -1.14. The zero-order valence-electron chi connectivity index (χ0n) is 19.4. The second-order valence-electron chi connectivity index (χ2n) is 7.93. The maximum absolute atomic E-state index is 12.8. The number of β-lactam (4-membered cyclic amide) rings is 1. The number of nitrogens with zero attached hydrogens (tertiary/aromatic N) is 1. The number of anilines is 1. The Kier molecular flexibility index (Phi) is 8.76. The molecule has 38 heavy (non-hydrogen) atoms. The molecule has 2 unspecified atom stereocenters. The van der Waals surface area contributed by atoms with E-state index in [1.54, 1.807) is 0 Å². The molecule has 204 valence electrons. The molecule has 2 aliphatic heterocycles. The fourth-order valence-electron chi connectivity index (χ4n) is 3.44. The zero-order chi connectivity index (χ0) is 28.1. The fraction of sp³-hybridized carbons (Fsp3) is 0.333. The van der Waals surface area contributed by atoms with Crippen LogP contribution in [0.2, 0.25) is 0 Å². The molecule has 17 heteroatoms. The Labute approximate surface area is 217 Å². The number of carboxylic acid groups (broad SMARTS) is 2. The van der Waals surface area contributed by atoms with Crippen molar-refractivity contribution >= 4 is 53.4 Å². The number of nitrogens with two attached hydrogens (primary N) is 2. The molecule has 0 saturated carbocycles. The van der Waals surface area contributed by atoms with Gasteiger partial charge in [-0.2, -0.15) is 0 Å². The first-order chi connectivity index (χ1) is 17.9. The third-order valence-corrected chi connectivity index (χ3v) is 6.71. The van der Waals surface area contributed by atoms with Gasteiger partial charge in [0.1, 0.15) is 30.3 Å². The Bertz CT molecular complexity index is 1190. The molecule has 9 N–H and O–H groups in total. The molecular formula is C21H23N5O11S. The lowest BCUT2D eigenvalue weighted by Gasteiger charge is -2.46. The predicted molar refractivity (Wildman–Crippen MR) is 127 cm³/mol. The van der Waals surface area contributed by atoms with Crippen LogP contribution in [0.4, 0.5) is 15.3 Å². The molecule has 2 heterocycles. The number of aliphatic carboxylic acids is 2. The topological polar surface area (TPSA) is 261 Å². The summed E-state index contributed by atoms with van der Waals surface area (Å²) in [6, 6.07) is 3.92. The Hall–Kier alpha value is -4.35. The van der Waals surface area contributed by atoms with Gasteiger partial charge in [0.25, 0.3) is 5.91 Å². The number of hydrogen-bond donors (Lipinski definition) is 7. The van der Waals surface area contributed by atoms with Gasteiger partial charge in [-0.3, -0.25) is 24.6 Å². The maximum atomic E-state index is 12.8. The lowest BCUT2D eigenvalue weighted by atomic mass is 10.1. The van der Waals surface area contributed by atoms with Crippen molar-refractivity contribution in [3.05, 3.63) is 41.1 Å². The minimum atomic E-state index is -1.72. The van der Waals surface area contributed by atoms with Crippen LogP contribution >= 0.6 is 11.8 Å². The molecule has 0 aromatic heterocycles. The fourth-order valence-corrected chi connectivity index (χ4v) is 4.86. The van der Waals surface area contributed by atoms with Crippen molar-refractivity contribution in [1.29, 1.82) is 0 Å². The van der Waals surface area contributed by atoms with Crippen LogP contribution in [0.3, 0.4) is 0 Å². The Morgan fingerprint density at radius 1 is 1.13 bits per heavy atom. The standard InChI is InChI=1S/C21H23N5O11S/c22-11(18(30)31)7-37-21(35)24-9-3-1-8(2-4-9)15(28)16(29)25-17-10(6-36-20(23)34)14(19(32)33)26-12(27)5-13(26)38-17/h1-4,11,13,15,17,28H,5-7,22H2,(H2,23,34)(H,24,35)(H,25,29)(H,30,31)(H,32,33)/t11-,13+,15?,17?/m1/s1. The Morgan fingerprint density at radius 3 is 2.34 bits per heavy atom. The molecule has 1 aromatic carbocycles. The van der Waals surface area contributed by atoms with Gasteiger partial charge in [-0.1, -0.05) is 12.1 Å². The van der Waals surface area contributed by atoms with Crippen LogP contribution in [-0.2, 0) is 28.7 Å². The Balaban J connectivity index is 1.68. The van der Waals surface area contributed by atoms with E-state index in [4.69, 9.17) is 21.3 Å². The molecule has 4 amide bonds. The van der Waals surface area contributed by atoms with Crippen molar-refractivity contribution in [1.82, 2.24) is 10.2 Å². The van der Waals surface area contributed by atoms with E-state index < -0.39 is 77.7 Å². The number of thioether (sulfide) groups is 1. The van der Waals surface area contributed by atoms with Gasteiger partial charge in [0.2, 0.25) is 5.91 Å². The van der Waals surface area contributed by atoms with Gasteiger partial charge in [0.05, 0.1) is 11.8 Å². The molecule has 1 saturated heterocycles. The Morgan fingerprint density at radius 2 is 1.79 bits per heavy atom. The number of amides is 4. The average Bonchev–Trinajstić information content (AvgIpc) is 2.85. The number of ether oxygens (including phenoxy) is 2. The number of benzene rings is 1. The minimum absolute atomic E-state index is 0.0273. The van der Waals surface area contributed by atoms with Gasteiger partial charge in [-0.25, -0.2) is 14.4 Å². The summed E-state index contributed by atoms with van der Waals surface area (Å²) in [5, 5.41) is 32.1. The van der Waals surface area contributed by atoms with Gasteiger partial charge in [-0.05, 0) is 17.7 Å². The van der Waals surface area contributed by atoms with Crippen LogP contribution in [0, 0.1) is 0 Å². The molecule has 0 radical (unpaired) electrons. The summed E-state index contributed by atoms with van der Waals surface area (Å²) in [5.74, 6) is -4.20. The first-order valence-corrected chi connectivity index (χ1v) is 11.7. The molecule has 16 nitrogen and oxygen atoms in total. The number of nitrogens with one attached hydrogen (secondary N) is 2. The van der Waals surface area contributed by atoms with Crippen LogP contribution in [0.5, 0.6) is 0 Å². The van der Waals surface area contributed by atoms with E-state index in [-0.39, 0.29) is 23.2 Å². The van der Waals surface area contributed by atoms with E-state index in [1.165, 1.54) is 24.3 Å². The molecule has 0 spiro atoms. The zero-order valence-corrected chi connectivity index (χ0v) is 20.2. The van der Waals surface area contributed by atoms with Crippen LogP contribution in [0.25, 0.3) is 0 Å². The largest absolute Gasteiger partial charge is 0.480 e. The quantitative estimate of drug-likeness (QED) is 0.169. The van der Waals surface area contributed by atoms with Crippen molar-refractivity contribution in [3.63, 3.8) is 0 Å². The van der Waals surface area contributed by atoms with Crippen LogP contribution in [0.1, 0.15) is 18.1 Å². The van der Waals surface area contributed by atoms with E-state index in [0.717, 1.165) is 16.7 Å². The first-order valence-electron chi connectivity index (χ1n) is 10.8. The number of primary amides is 1. The highest BCUT2D eigenvalue weighted by Crippen LogP contribution is 2.43. The van der Waals surface area contributed by atoms with Crippen molar-refractivity contribution < 1.29 is 53.6 Å². The summed E-state index contributed by atoms with van der Waals surface area (Å²) in [5.41, 5.74) is 9.98. The number of fused-ring (bicyclic) bond motifs is 1. The van der Waals surface area contributed by atoms with E-state index in [2.05, 4.69) is 15.4 Å². The number of carboxylic acids is 2. The van der Waals surface area contributed by atoms with Crippen molar-refractivity contribution in [2.24, 2.45) is 11.5 Å². The van der Waals surface area contributed by atoms with Gasteiger partial charge < -0.3 is 41.6 Å². The molecule has 1 aromatic rings. The normalized spacial score (nSPS) is 19.8. The SMILES string of the molecule is NC(=O)OCC1=C(C(=O)O)N2C(=O)C[C@@H]2SC1NC(=O)C(O)c1ccc(NC(=O)OC[C@@H](N)C(=O)O)cc1. The summed E-state index contributed by atoms with van der Waals surface area (Å²) in [4.78, 5) is 71.2. The maximum Gasteiger partial charge on any atom is 0.411 e. The van der Waals surface area contributed by atoms with Crippen LogP contribution < -0.4 is 22.1 Å².